The summed E-state index contributed by atoms with van der Waals surface area (Å²) in [4.78, 5) is 0. The molecule has 0 aliphatic rings. The first-order chi connectivity index (χ1) is 12.9. The van der Waals surface area contributed by atoms with Gasteiger partial charge in [0.05, 0.1) is 27.8 Å². The summed E-state index contributed by atoms with van der Waals surface area (Å²) in [5, 5.41) is 11.9. The minimum absolute atomic E-state index is 0.947. The summed E-state index contributed by atoms with van der Waals surface area (Å²) in [6, 6.07) is 27.1. The Hall–Kier alpha value is -3.66. The van der Waals surface area contributed by atoms with Crippen LogP contribution in [0, 0.1) is 0 Å². The van der Waals surface area contributed by atoms with E-state index in [1.54, 1.807) is 0 Å². The third-order valence-corrected chi connectivity index (χ3v) is 4.96. The van der Waals surface area contributed by atoms with E-state index in [9.17, 15) is 0 Å². The number of aromatic nitrogens is 4. The Bertz CT molecular complexity index is 1440. The highest BCUT2D eigenvalue weighted by atomic mass is 15.2. The molecule has 0 atom stereocenters. The van der Waals surface area contributed by atoms with Crippen molar-refractivity contribution in [1.29, 1.82) is 0 Å². The number of benzene rings is 2. The molecule has 0 saturated carbocycles. The maximum atomic E-state index is 4.85. The van der Waals surface area contributed by atoms with Crippen LogP contribution >= 0.6 is 0 Å². The zero-order valence-corrected chi connectivity index (χ0v) is 13.9. The van der Waals surface area contributed by atoms with E-state index < -0.39 is 0 Å². The van der Waals surface area contributed by atoms with Crippen LogP contribution in [-0.4, -0.2) is 19.2 Å². The molecule has 0 N–H and O–H groups in total. The molecule has 2 aromatic carbocycles. The lowest BCUT2D eigenvalue weighted by atomic mass is 10.1. The van der Waals surface area contributed by atoms with E-state index in [-0.39, 0.29) is 0 Å². The van der Waals surface area contributed by atoms with Gasteiger partial charge in [-0.25, -0.2) is 9.03 Å². The van der Waals surface area contributed by atoms with Crippen LogP contribution in [0.3, 0.4) is 0 Å². The second-order valence-corrected chi connectivity index (χ2v) is 6.52. The van der Waals surface area contributed by atoms with Crippen LogP contribution in [0.15, 0.2) is 85.1 Å². The monoisotopic (exact) mass is 334 g/mol. The van der Waals surface area contributed by atoms with Crippen LogP contribution in [0.5, 0.6) is 0 Å². The fraction of sp³-hybridized carbons (Fsp3) is 0. The van der Waals surface area contributed by atoms with Gasteiger partial charge in [-0.2, -0.15) is 10.2 Å². The number of hydrogen-bond acceptors (Lipinski definition) is 2. The molecule has 122 valence electrons. The Kier molecular flexibility index (Phi) is 2.58. The maximum Gasteiger partial charge on any atom is 0.0949 e. The van der Waals surface area contributed by atoms with Crippen molar-refractivity contribution >= 4 is 32.8 Å². The zero-order valence-electron chi connectivity index (χ0n) is 13.9. The van der Waals surface area contributed by atoms with Gasteiger partial charge < -0.3 is 0 Å². The van der Waals surface area contributed by atoms with Gasteiger partial charge in [0.15, 0.2) is 0 Å². The fourth-order valence-corrected chi connectivity index (χ4v) is 3.68. The molecule has 0 bridgehead atoms. The average molecular weight is 334 g/mol. The lowest BCUT2D eigenvalue weighted by molar-refractivity contribution is 0.974. The predicted molar refractivity (Wildman–Crippen MR) is 104 cm³/mol. The second-order valence-electron chi connectivity index (χ2n) is 6.52. The van der Waals surface area contributed by atoms with Gasteiger partial charge in [-0.1, -0.05) is 42.5 Å². The highest BCUT2D eigenvalue weighted by Gasteiger charge is 2.10. The number of nitrogens with zero attached hydrogens (tertiary/aromatic N) is 4. The van der Waals surface area contributed by atoms with Crippen molar-refractivity contribution < 1.29 is 0 Å². The van der Waals surface area contributed by atoms with Crippen LogP contribution in [0.1, 0.15) is 0 Å². The SMILES string of the molecule is c1ccc2c(c1)ccc1cc(-c3ccc4c5ccccc5nn4c3)nn12. The van der Waals surface area contributed by atoms with Gasteiger partial charge in [0.2, 0.25) is 0 Å². The van der Waals surface area contributed by atoms with Gasteiger partial charge in [0.25, 0.3) is 0 Å². The van der Waals surface area contributed by atoms with Gasteiger partial charge in [0, 0.05) is 22.5 Å². The van der Waals surface area contributed by atoms with Crippen LogP contribution in [-0.2, 0) is 0 Å². The molecule has 4 heteroatoms. The Morgan fingerprint density at radius 3 is 2.58 bits per heavy atom. The molecule has 0 aliphatic carbocycles. The van der Waals surface area contributed by atoms with E-state index in [2.05, 4.69) is 65.9 Å². The molecule has 0 spiro atoms. The molecule has 4 nitrogen and oxygen atoms in total. The van der Waals surface area contributed by atoms with E-state index in [4.69, 9.17) is 5.10 Å². The summed E-state index contributed by atoms with van der Waals surface area (Å²) < 4.78 is 3.95. The topological polar surface area (TPSA) is 34.6 Å². The van der Waals surface area contributed by atoms with Gasteiger partial charge in [-0.15, -0.1) is 0 Å². The van der Waals surface area contributed by atoms with Crippen molar-refractivity contribution in [3.8, 4) is 11.3 Å². The highest BCUT2D eigenvalue weighted by Crippen LogP contribution is 2.26. The quantitative estimate of drug-likeness (QED) is 0.426. The van der Waals surface area contributed by atoms with Crippen molar-refractivity contribution in [3.05, 3.63) is 85.1 Å². The van der Waals surface area contributed by atoms with Crippen molar-refractivity contribution in [3.63, 3.8) is 0 Å². The number of hydrogen-bond donors (Lipinski definition) is 0. The summed E-state index contributed by atoms with van der Waals surface area (Å²) in [5.41, 5.74) is 6.32. The first-order valence-corrected chi connectivity index (χ1v) is 8.62. The summed E-state index contributed by atoms with van der Waals surface area (Å²) in [5.74, 6) is 0. The minimum atomic E-state index is 0.947. The van der Waals surface area contributed by atoms with Gasteiger partial charge >= 0.3 is 0 Å². The molecule has 0 radical (unpaired) electrons. The fourth-order valence-electron chi connectivity index (χ4n) is 3.68. The number of para-hydroxylation sites is 1. The Morgan fingerprint density at radius 2 is 1.58 bits per heavy atom. The van der Waals surface area contributed by atoms with Crippen LogP contribution < -0.4 is 0 Å². The lowest BCUT2D eigenvalue weighted by Gasteiger charge is -2.00. The highest BCUT2D eigenvalue weighted by molar-refractivity contribution is 5.94. The average Bonchev–Trinajstić information content (AvgIpc) is 3.29. The largest absolute Gasteiger partial charge is 0.239 e. The standard InChI is InChI=1S/C22H14N4/c1-4-8-21-15(5-1)9-11-17-13-20(24-26(17)21)16-10-12-22-18-6-2-3-7-19(18)23-25(22)14-16/h1-14H. The molecule has 4 aromatic heterocycles. The first kappa shape index (κ1) is 13.6. The van der Waals surface area contributed by atoms with E-state index in [1.807, 2.05) is 33.3 Å². The minimum Gasteiger partial charge on any atom is -0.239 e. The van der Waals surface area contributed by atoms with E-state index in [1.165, 1.54) is 10.8 Å². The van der Waals surface area contributed by atoms with Crippen molar-refractivity contribution in [1.82, 2.24) is 19.2 Å². The van der Waals surface area contributed by atoms with Crippen LogP contribution in [0.4, 0.5) is 0 Å². The summed E-state index contributed by atoms with van der Waals surface area (Å²) >= 11 is 0. The van der Waals surface area contributed by atoms with Gasteiger partial charge in [-0.05, 0) is 36.4 Å². The number of fused-ring (bicyclic) bond motifs is 6. The molecule has 26 heavy (non-hydrogen) atoms. The Labute approximate surface area is 148 Å². The van der Waals surface area contributed by atoms with Crippen molar-refractivity contribution in [2.45, 2.75) is 0 Å². The van der Waals surface area contributed by atoms with E-state index >= 15 is 0 Å². The smallest absolute Gasteiger partial charge is 0.0949 e. The molecule has 0 aliphatic heterocycles. The van der Waals surface area contributed by atoms with E-state index in [0.717, 1.165) is 33.3 Å². The molecule has 4 heterocycles. The third-order valence-electron chi connectivity index (χ3n) is 4.96. The molecule has 6 rings (SSSR count). The molecule has 6 aromatic rings. The second kappa shape index (κ2) is 4.92. The maximum absolute atomic E-state index is 4.85. The molecule has 0 fully saturated rings. The first-order valence-electron chi connectivity index (χ1n) is 8.62. The zero-order chi connectivity index (χ0) is 17.1. The Morgan fingerprint density at radius 1 is 0.692 bits per heavy atom. The van der Waals surface area contributed by atoms with Crippen LogP contribution in [0.25, 0.3) is 44.1 Å². The normalized spacial score (nSPS) is 11.8. The van der Waals surface area contributed by atoms with Crippen molar-refractivity contribution in [2.24, 2.45) is 0 Å². The molecule has 0 amide bonds. The molecular weight excluding hydrogens is 320 g/mol. The van der Waals surface area contributed by atoms with Crippen LogP contribution in [0.2, 0.25) is 0 Å². The number of pyridine rings is 2. The summed E-state index contributed by atoms with van der Waals surface area (Å²) in [6.45, 7) is 0. The molecule has 0 unspecified atom stereocenters. The predicted octanol–water partition coefficient (Wildman–Crippen LogP) is 4.96. The third kappa shape index (κ3) is 1.84. The summed E-state index contributed by atoms with van der Waals surface area (Å²) in [6.07, 6.45) is 2.05. The Balaban J connectivity index is 1.59. The summed E-state index contributed by atoms with van der Waals surface area (Å²) in [7, 11) is 0. The lowest BCUT2D eigenvalue weighted by Crippen LogP contribution is -1.91. The molecule has 0 saturated heterocycles. The van der Waals surface area contributed by atoms with E-state index in [0.29, 0.717) is 0 Å². The van der Waals surface area contributed by atoms with Crippen molar-refractivity contribution in [2.75, 3.05) is 0 Å². The van der Waals surface area contributed by atoms with Gasteiger partial charge in [-0.3, -0.25) is 0 Å². The van der Waals surface area contributed by atoms with Gasteiger partial charge in [0.1, 0.15) is 0 Å². The number of rotatable bonds is 1. The molecular formula is C22H14N4.